The maximum Gasteiger partial charge on any atom is 0.416 e. The van der Waals surface area contributed by atoms with E-state index in [9.17, 15) is 18.0 Å². The standard InChI is InChI=1S/C23H27F3O4/c1-4-18(22(27)30-5-2)12-17-8-11-21(28-3)19(13-17)15-29-14-16-6-9-20(10-7-16)23(24,25)26/h6-11,13,18H,4-5,12,14-15H2,1-3H3. The third-order valence-electron chi connectivity index (χ3n) is 4.75. The molecule has 0 heterocycles. The number of benzene rings is 2. The number of hydrogen-bond acceptors (Lipinski definition) is 4. The van der Waals surface area contributed by atoms with Crippen LogP contribution in [0.25, 0.3) is 0 Å². The normalized spacial score (nSPS) is 12.5. The van der Waals surface area contributed by atoms with E-state index in [2.05, 4.69) is 0 Å². The van der Waals surface area contributed by atoms with Crippen LogP contribution in [0.15, 0.2) is 42.5 Å². The fourth-order valence-corrected chi connectivity index (χ4v) is 3.08. The molecular weight excluding hydrogens is 397 g/mol. The third-order valence-corrected chi connectivity index (χ3v) is 4.75. The Kier molecular flexibility index (Phi) is 8.72. The van der Waals surface area contributed by atoms with Crippen molar-refractivity contribution in [3.8, 4) is 5.75 Å². The van der Waals surface area contributed by atoms with Gasteiger partial charge in [0.1, 0.15) is 5.75 Å². The molecule has 0 saturated carbocycles. The van der Waals surface area contributed by atoms with Gasteiger partial charge < -0.3 is 14.2 Å². The summed E-state index contributed by atoms with van der Waals surface area (Å²) in [5.74, 6) is 0.213. The summed E-state index contributed by atoms with van der Waals surface area (Å²) in [5.41, 5.74) is 1.73. The van der Waals surface area contributed by atoms with Gasteiger partial charge in [-0.15, -0.1) is 0 Å². The lowest BCUT2D eigenvalue weighted by Gasteiger charge is -2.16. The molecule has 0 radical (unpaired) electrons. The van der Waals surface area contributed by atoms with Crippen molar-refractivity contribution in [3.63, 3.8) is 0 Å². The molecule has 164 valence electrons. The van der Waals surface area contributed by atoms with Crippen molar-refractivity contribution in [1.82, 2.24) is 0 Å². The van der Waals surface area contributed by atoms with Gasteiger partial charge in [0.05, 0.1) is 38.4 Å². The van der Waals surface area contributed by atoms with Crippen LogP contribution < -0.4 is 4.74 Å². The first kappa shape index (κ1) is 23.7. The monoisotopic (exact) mass is 424 g/mol. The molecule has 1 unspecified atom stereocenters. The number of carbonyl (C=O) groups excluding carboxylic acids is 1. The summed E-state index contributed by atoms with van der Waals surface area (Å²) in [5, 5.41) is 0. The lowest BCUT2D eigenvalue weighted by Crippen LogP contribution is -2.19. The first-order valence-electron chi connectivity index (χ1n) is 9.84. The van der Waals surface area contributed by atoms with Crippen molar-refractivity contribution in [2.75, 3.05) is 13.7 Å². The van der Waals surface area contributed by atoms with Gasteiger partial charge in [-0.05, 0) is 55.2 Å². The zero-order chi connectivity index (χ0) is 22.1. The minimum Gasteiger partial charge on any atom is -0.496 e. The van der Waals surface area contributed by atoms with E-state index in [0.717, 1.165) is 23.3 Å². The molecule has 2 rings (SSSR count). The topological polar surface area (TPSA) is 44.8 Å². The largest absolute Gasteiger partial charge is 0.496 e. The average Bonchev–Trinajstić information content (AvgIpc) is 2.72. The van der Waals surface area contributed by atoms with Crippen molar-refractivity contribution in [1.29, 1.82) is 0 Å². The molecule has 1 atom stereocenters. The van der Waals surface area contributed by atoms with E-state index in [4.69, 9.17) is 14.2 Å². The molecule has 0 fully saturated rings. The summed E-state index contributed by atoms with van der Waals surface area (Å²) in [6.45, 7) is 4.48. The minimum absolute atomic E-state index is 0.173. The summed E-state index contributed by atoms with van der Waals surface area (Å²) >= 11 is 0. The Morgan fingerprint density at radius 2 is 1.67 bits per heavy atom. The molecule has 0 aliphatic rings. The molecule has 0 aliphatic heterocycles. The van der Waals surface area contributed by atoms with E-state index < -0.39 is 11.7 Å². The number of carbonyl (C=O) groups is 1. The van der Waals surface area contributed by atoms with Gasteiger partial charge in [0.25, 0.3) is 0 Å². The molecule has 0 aromatic heterocycles. The zero-order valence-corrected chi connectivity index (χ0v) is 17.4. The van der Waals surface area contributed by atoms with Crippen molar-refractivity contribution in [2.24, 2.45) is 5.92 Å². The van der Waals surface area contributed by atoms with E-state index >= 15 is 0 Å². The average molecular weight is 424 g/mol. The summed E-state index contributed by atoms with van der Waals surface area (Å²) in [6, 6.07) is 10.5. The molecule has 7 heteroatoms. The summed E-state index contributed by atoms with van der Waals surface area (Å²) in [7, 11) is 1.56. The van der Waals surface area contributed by atoms with Gasteiger partial charge in [0.2, 0.25) is 0 Å². The van der Waals surface area contributed by atoms with E-state index in [1.54, 1.807) is 14.0 Å². The molecule has 2 aromatic carbocycles. The molecule has 4 nitrogen and oxygen atoms in total. The second-order valence-electron chi connectivity index (χ2n) is 6.90. The van der Waals surface area contributed by atoms with Crippen LogP contribution in [0.5, 0.6) is 5.75 Å². The van der Waals surface area contributed by atoms with Crippen LogP contribution in [0.2, 0.25) is 0 Å². The highest BCUT2D eigenvalue weighted by molar-refractivity contribution is 5.72. The molecule has 2 aromatic rings. The highest BCUT2D eigenvalue weighted by Crippen LogP contribution is 2.29. The second-order valence-corrected chi connectivity index (χ2v) is 6.90. The molecule has 0 bridgehead atoms. The van der Waals surface area contributed by atoms with Crippen molar-refractivity contribution in [3.05, 3.63) is 64.7 Å². The predicted molar refractivity (Wildman–Crippen MR) is 107 cm³/mol. The van der Waals surface area contributed by atoms with Crippen LogP contribution in [0.4, 0.5) is 13.2 Å². The molecule has 0 N–H and O–H groups in total. The molecule has 0 amide bonds. The van der Waals surface area contributed by atoms with E-state index in [-0.39, 0.29) is 25.1 Å². The molecule has 30 heavy (non-hydrogen) atoms. The van der Waals surface area contributed by atoms with E-state index in [1.165, 1.54) is 12.1 Å². The van der Waals surface area contributed by atoms with E-state index in [0.29, 0.717) is 30.8 Å². The third kappa shape index (κ3) is 6.76. The zero-order valence-electron chi connectivity index (χ0n) is 17.4. The first-order chi connectivity index (χ1) is 14.3. The summed E-state index contributed by atoms with van der Waals surface area (Å²) < 4.78 is 54.1. The molecule has 0 aliphatic carbocycles. The molecular formula is C23H27F3O4. The number of hydrogen-bond donors (Lipinski definition) is 0. The highest BCUT2D eigenvalue weighted by Gasteiger charge is 2.29. The second kappa shape index (κ2) is 11.0. The molecule has 0 spiro atoms. The lowest BCUT2D eigenvalue weighted by atomic mass is 9.95. The fraction of sp³-hybridized carbons (Fsp3) is 0.435. The van der Waals surface area contributed by atoms with Gasteiger partial charge in [0, 0.05) is 5.56 Å². The SMILES string of the molecule is CCOC(=O)C(CC)Cc1ccc(OC)c(COCc2ccc(C(F)(F)F)cc2)c1. The maximum atomic E-state index is 12.6. The van der Waals surface area contributed by atoms with Crippen LogP contribution in [0, 0.1) is 5.92 Å². The van der Waals surface area contributed by atoms with Gasteiger partial charge >= 0.3 is 12.1 Å². The number of esters is 1. The summed E-state index contributed by atoms with van der Waals surface area (Å²) in [6.07, 6.45) is -3.14. The van der Waals surface area contributed by atoms with Crippen molar-refractivity contribution >= 4 is 5.97 Å². The number of ether oxygens (including phenoxy) is 3. The predicted octanol–water partition coefficient (Wildman–Crippen LogP) is 5.56. The lowest BCUT2D eigenvalue weighted by molar-refractivity contribution is -0.148. The van der Waals surface area contributed by atoms with Crippen LogP contribution in [-0.2, 0) is 40.1 Å². The van der Waals surface area contributed by atoms with Crippen LogP contribution >= 0.6 is 0 Å². The smallest absolute Gasteiger partial charge is 0.416 e. The van der Waals surface area contributed by atoms with E-state index in [1.807, 2.05) is 25.1 Å². The number of alkyl halides is 3. The van der Waals surface area contributed by atoms with Crippen LogP contribution in [0.3, 0.4) is 0 Å². The van der Waals surface area contributed by atoms with Gasteiger partial charge in [0.15, 0.2) is 0 Å². The first-order valence-corrected chi connectivity index (χ1v) is 9.84. The highest BCUT2D eigenvalue weighted by atomic mass is 19.4. The number of halogens is 3. The van der Waals surface area contributed by atoms with Gasteiger partial charge in [-0.25, -0.2) is 0 Å². The number of rotatable bonds is 10. The van der Waals surface area contributed by atoms with Gasteiger partial charge in [-0.3, -0.25) is 4.79 Å². The maximum absolute atomic E-state index is 12.6. The van der Waals surface area contributed by atoms with Gasteiger partial charge in [-0.2, -0.15) is 13.2 Å². The van der Waals surface area contributed by atoms with Gasteiger partial charge in [-0.1, -0.05) is 25.1 Å². The van der Waals surface area contributed by atoms with Crippen LogP contribution in [-0.4, -0.2) is 19.7 Å². The Bertz CT molecular complexity index is 816. The van der Waals surface area contributed by atoms with Crippen molar-refractivity contribution in [2.45, 2.75) is 46.1 Å². The Labute approximate surface area is 175 Å². The Morgan fingerprint density at radius 1 is 1.00 bits per heavy atom. The number of methoxy groups -OCH3 is 1. The Hall–Kier alpha value is -2.54. The Balaban J connectivity index is 2.02. The molecule has 0 saturated heterocycles. The fourth-order valence-electron chi connectivity index (χ4n) is 3.08. The van der Waals surface area contributed by atoms with Crippen LogP contribution in [0.1, 0.15) is 42.5 Å². The minimum atomic E-state index is -4.35. The quantitative estimate of drug-likeness (QED) is 0.468. The van der Waals surface area contributed by atoms with Crippen molar-refractivity contribution < 1.29 is 32.2 Å². The summed E-state index contributed by atoms with van der Waals surface area (Å²) in [4.78, 5) is 12.1. The Morgan fingerprint density at radius 3 is 2.23 bits per heavy atom.